The molecule has 2 fully saturated rings. The largest absolute Gasteiger partial charge is 0.326 e. The Hall–Kier alpha value is -3.85. The lowest BCUT2D eigenvalue weighted by atomic mass is 10.0. The van der Waals surface area contributed by atoms with Crippen LogP contribution in [0, 0.1) is 0 Å². The van der Waals surface area contributed by atoms with E-state index in [9.17, 15) is 9.59 Å². The Morgan fingerprint density at radius 3 is 1.53 bits per heavy atom. The van der Waals surface area contributed by atoms with Gasteiger partial charge in [-0.05, 0) is 105 Å². The SMILES string of the molecule is O=C(CCN1CCCC1)Nc1ccc(-c2cc(-c3cccs3)cc(-c3ccc(NC(=O)CCN4CCCC4)cc3)n2)cc1. The zero-order chi connectivity index (χ0) is 29.4. The number of aromatic nitrogens is 1. The lowest BCUT2D eigenvalue weighted by molar-refractivity contribution is -0.117. The third-order valence-electron chi connectivity index (χ3n) is 8.27. The van der Waals surface area contributed by atoms with Gasteiger partial charge in [0.1, 0.15) is 0 Å². The van der Waals surface area contributed by atoms with Crippen LogP contribution >= 0.6 is 11.3 Å². The Bertz CT molecular complexity index is 1410. The quantitative estimate of drug-likeness (QED) is 0.196. The van der Waals surface area contributed by atoms with Crippen LogP contribution in [0.3, 0.4) is 0 Å². The van der Waals surface area contributed by atoms with Crippen LogP contribution in [0.25, 0.3) is 33.0 Å². The minimum atomic E-state index is 0.0472. The third-order valence-corrected chi connectivity index (χ3v) is 9.19. The summed E-state index contributed by atoms with van der Waals surface area (Å²) in [5, 5.41) is 8.16. The molecule has 0 aliphatic carbocycles. The summed E-state index contributed by atoms with van der Waals surface area (Å²) in [6.45, 7) is 6.03. The number of pyridine rings is 1. The summed E-state index contributed by atoms with van der Waals surface area (Å²) in [5.74, 6) is 0.0944. The first kappa shape index (κ1) is 29.2. The van der Waals surface area contributed by atoms with E-state index in [4.69, 9.17) is 4.98 Å². The van der Waals surface area contributed by atoms with Crippen LogP contribution in [-0.2, 0) is 9.59 Å². The Morgan fingerprint density at radius 1 is 0.651 bits per heavy atom. The molecular weight excluding hydrogens is 554 g/mol. The van der Waals surface area contributed by atoms with Gasteiger partial charge in [0.05, 0.1) is 11.4 Å². The van der Waals surface area contributed by atoms with Crippen LogP contribution in [0.2, 0.25) is 0 Å². The molecule has 8 heteroatoms. The standard InChI is InChI=1S/C35H39N5O2S/c41-34(15-21-39-17-1-2-18-39)36-29-11-7-26(8-12-29)31-24-28(33-6-5-23-43-33)25-32(38-31)27-9-13-30(14-10-27)37-35(42)16-22-40-19-3-4-20-40/h5-14,23-25H,1-4,15-22H2,(H,36,41)(H,37,42). The Kier molecular flexibility index (Phi) is 9.57. The first-order valence-corrected chi connectivity index (χ1v) is 16.3. The van der Waals surface area contributed by atoms with Crippen molar-refractivity contribution in [3.8, 4) is 33.0 Å². The summed E-state index contributed by atoms with van der Waals surface area (Å²) in [5.41, 5.74) is 6.40. The fourth-order valence-corrected chi connectivity index (χ4v) is 6.55. The lowest BCUT2D eigenvalue weighted by Gasteiger charge is -2.14. The monoisotopic (exact) mass is 593 g/mol. The number of carbonyl (C=O) groups is 2. The summed E-state index contributed by atoms with van der Waals surface area (Å²) in [6, 6.07) is 24.3. The van der Waals surface area contributed by atoms with Crippen LogP contribution in [0.5, 0.6) is 0 Å². The predicted molar refractivity (Wildman–Crippen MR) is 176 cm³/mol. The maximum atomic E-state index is 12.5. The molecule has 2 aromatic heterocycles. The zero-order valence-corrected chi connectivity index (χ0v) is 25.4. The van der Waals surface area contributed by atoms with E-state index in [1.165, 1.54) is 30.6 Å². The summed E-state index contributed by atoms with van der Waals surface area (Å²) < 4.78 is 0. The number of carbonyl (C=O) groups excluding carboxylic acids is 2. The second-order valence-corrected chi connectivity index (χ2v) is 12.4. The minimum absolute atomic E-state index is 0.0472. The van der Waals surface area contributed by atoms with Crippen molar-refractivity contribution in [1.82, 2.24) is 14.8 Å². The molecule has 6 rings (SSSR count). The average molecular weight is 594 g/mol. The number of anilines is 2. The third kappa shape index (κ3) is 7.96. The summed E-state index contributed by atoms with van der Waals surface area (Å²) in [6.07, 6.45) is 5.95. The second-order valence-electron chi connectivity index (χ2n) is 11.5. The molecule has 2 N–H and O–H groups in total. The number of rotatable bonds is 11. The Balaban J connectivity index is 1.15. The summed E-state index contributed by atoms with van der Waals surface area (Å²) in [4.78, 5) is 35.9. The number of amides is 2. The molecule has 0 saturated carbocycles. The predicted octanol–water partition coefficient (Wildman–Crippen LogP) is 6.99. The number of hydrogen-bond donors (Lipinski definition) is 2. The molecule has 2 amide bonds. The molecule has 7 nitrogen and oxygen atoms in total. The smallest absolute Gasteiger partial charge is 0.225 e. The van der Waals surface area contributed by atoms with Crippen molar-refractivity contribution in [2.45, 2.75) is 38.5 Å². The molecule has 4 aromatic rings. The number of nitrogens with one attached hydrogen (secondary N) is 2. The van der Waals surface area contributed by atoms with Gasteiger partial charge in [0.15, 0.2) is 0 Å². The maximum absolute atomic E-state index is 12.5. The van der Waals surface area contributed by atoms with Gasteiger partial charge in [-0.3, -0.25) is 9.59 Å². The van der Waals surface area contributed by atoms with Gasteiger partial charge >= 0.3 is 0 Å². The summed E-state index contributed by atoms with van der Waals surface area (Å²) in [7, 11) is 0. The summed E-state index contributed by atoms with van der Waals surface area (Å²) >= 11 is 1.70. The first-order valence-electron chi connectivity index (χ1n) is 15.4. The molecular formula is C35H39N5O2S. The van der Waals surface area contributed by atoms with E-state index >= 15 is 0 Å². The average Bonchev–Trinajstić information content (AvgIpc) is 3.84. The van der Waals surface area contributed by atoms with E-state index in [1.54, 1.807) is 11.3 Å². The van der Waals surface area contributed by atoms with E-state index in [0.717, 1.165) is 78.7 Å². The highest BCUT2D eigenvalue weighted by molar-refractivity contribution is 7.13. The molecule has 0 spiro atoms. The van der Waals surface area contributed by atoms with Crippen molar-refractivity contribution in [2.24, 2.45) is 0 Å². The Morgan fingerprint density at radius 2 is 1.12 bits per heavy atom. The van der Waals surface area contributed by atoms with Crippen molar-refractivity contribution in [3.63, 3.8) is 0 Å². The zero-order valence-electron chi connectivity index (χ0n) is 24.6. The Labute approximate surface area is 258 Å². The van der Waals surface area contributed by atoms with E-state index in [1.807, 2.05) is 48.5 Å². The number of hydrogen-bond acceptors (Lipinski definition) is 6. The van der Waals surface area contributed by atoms with E-state index < -0.39 is 0 Å². The molecule has 2 saturated heterocycles. The lowest BCUT2D eigenvalue weighted by Crippen LogP contribution is -2.25. The van der Waals surface area contributed by atoms with Gasteiger partial charge in [-0.1, -0.05) is 30.3 Å². The first-order chi connectivity index (χ1) is 21.1. The second kappa shape index (κ2) is 14.1. The molecule has 43 heavy (non-hydrogen) atoms. The minimum Gasteiger partial charge on any atom is -0.326 e. The number of nitrogens with zero attached hydrogens (tertiary/aromatic N) is 3. The molecule has 0 bridgehead atoms. The molecule has 0 unspecified atom stereocenters. The fourth-order valence-electron chi connectivity index (χ4n) is 5.84. The van der Waals surface area contributed by atoms with Crippen LogP contribution in [0.15, 0.2) is 78.2 Å². The van der Waals surface area contributed by atoms with Crippen LogP contribution in [0.1, 0.15) is 38.5 Å². The molecule has 2 aromatic carbocycles. The van der Waals surface area contributed by atoms with Gasteiger partial charge in [-0.25, -0.2) is 4.98 Å². The molecule has 2 aliphatic heterocycles. The normalized spacial score (nSPS) is 15.5. The highest BCUT2D eigenvalue weighted by atomic mass is 32.1. The van der Waals surface area contributed by atoms with Crippen molar-refractivity contribution >= 4 is 34.5 Å². The highest BCUT2D eigenvalue weighted by Gasteiger charge is 2.15. The maximum Gasteiger partial charge on any atom is 0.225 e. The van der Waals surface area contributed by atoms with Gasteiger partial charge in [0.25, 0.3) is 0 Å². The van der Waals surface area contributed by atoms with Gasteiger partial charge in [0, 0.05) is 53.3 Å². The molecule has 4 heterocycles. The van der Waals surface area contributed by atoms with Crippen LogP contribution in [-0.4, -0.2) is 65.9 Å². The van der Waals surface area contributed by atoms with Crippen molar-refractivity contribution in [3.05, 3.63) is 78.2 Å². The molecule has 2 aliphatic rings. The van der Waals surface area contributed by atoms with E-state index in [-0.39, 0.29) is 11.8 Å². The van der Waals surface area contributed by atoms with Gasteiger partial charge in [0.2, 0.25) is 11.8 Å². The number of thiophene rings is 1. The highest BCUT2D eigenvalue weighted by Crippen LogP contribution is 2.33. The van der Waals surface area contributed by atoms with Crippen molar-refractivity contribution < 1.29 is 9.59 Å². The van der Waals surface area contributed by atoms with Crippen LogP contribution in [0.4, 0.5) is 11.4 Å². The molecule has 0 radical (unpaired) electrons. The van der Waals surface area contributed by atoms with E-state index in [0.29, 0.717) is 12.8 Å². The topological polar surface area (TPSA) is 77.6 Å². The molecule has 222 valence electrons. The van der Waals surface area contributed by atoms with Gasteiger partial charge in [-0.2, -0.15) is 0 Å². The fraction of sp³-hybridized carbons (Fsp3) is 0.343. The van der Waals surface area contributed by atoms with E-state index in [2.05, 4.69) is 50.1 Å². The van der Waals surface area contributed by atoms with Crippen LogP contribution < -0.4 is 10.6 Å². The number of likely N-dealkylation sites (tertiary alicyclic amines) is 2. The van der Waals surface area contributed by atoms with Crippen molar-refractivity contribution in [1.29, 1.82) is 0 Å². The van der Waals surface area contributed by atoms with Gasteiger partial charge in [-0.15, -0.1) is 11.3 Å². The van der Waals surface area contributed by atoms with Gasteiger partial charge < -0.3 is 20.4 Å². The molecule has 0 atom stereocenters. The van der Waals surface area contributed by atoms with Crippen molar-refractivity contribution in [2.75, 3.05) is 49.9 Å². The number of benzene rings is 2.